The van der Waals surface area contributed by atoms with Crippen molar-refractivity contribution in [2.45, 2.75) is 113 Å². The Morgan fingerprint density at radius 1 is 0.769 bits per heavy atom. The van der Waals surface area contributed by atoms with Crippen LogP contribution in [0.5, 0.6) is 0 Å². The Hall–Kier alpha value is -0.330. The number of hydrogen-bond donors (Lipinski definition) is 0. The third-order valence-electron chi connectivity index (χ3n) is 7.93. The number of carbonyl (C=O) groups excluding carboxylic acids is 1. The topological polar surface area (TPSA) is 17.1 Å². The quantitative estimate of drug-likeness (QED) is 0.426. The highest BCUT2D eigenvalue weighted by molar-refractivity contribution is 5.87. The minimum Gasteiger partial charge on any atom is -0.299 e. The van der Waals surface area contributed by atoms with Crippen LogP contribution in [0.25, 0.3) is 0 Å². The van der Waals surface area contributed by atoms with E-state index in [1.54, 1.807) is 0 Å². The van der Waals surface area contributed by atoms with Crippen LogP contribution in [0.4, 0.5) is 0 Å². The fraction of sp³-hybridized carbons (Fsp3) is 0.960. The molecule has 26 heavy (non-hydrogen) atoms. The number of carbonyl (C=O) groups is 1. The highest BCUT2D eigenvalue weighted by atomic mass is 16.1. The first-order chi connectivity index (χ1) is 12.6. The Balaban J connectivity index is 0.000000515. The molecule has 0 spiro atoms. The number of hydrogen-bond acceptors (Lipinski definition) is 1. The molecule has 0 bridgehead atoms. The molecule has 0 amide bonds. The van der Waals surface area contributed by atoms with Gasteiger partial charge in [-0.05, 0) is 80.5 Å². The summed E-state index contributed by atoms with van der Waals surface area (Å²) in [5, 5.41) is 0. The lowest BCUT2D eigenvalue weighted by Gasteiger charge is -2.54. The maximum absolute atomic E-state index is 12.3. The Labute approximate surface area is 165 Å². The molecule has 0 aliphatic heterocycles. The third kappa shape index (κ3) is 4.39. The van der Waals surface area contributed by atoms with Gasteiger partial charge in [-0.1, -0.05) is 61.8 Å². The molecule has 0 aromatic rings. The molecule has 4 rings (SSSR count). The molecule has 0 radical (unpaired) electrons. The lowest BCUT2D eigenvalue weighted by atomic mass is 9.50. The van der Waals surface area contributed by atoms with Gasteiger partial charge in [0.2, 0.25) is 0 Å². The Bertz CT molecular complexity index is 414. The molecule has 0 heterocycles. The fourth-order valence-corrected chi connectivity index (χ4v) is 6.86. The zero-order valence-corrected chi connectivity index (χ0v) is 19.2. The SMILES string of the molecule is CC.CC.CC.CC1CCC2C(CCC3C2CCC2(C)C(=O)CCC32)C1. The molecule has 1 heteroatoms. The second kappa shape index (κ2) is 10.9. The summed E-state index contributed by atoms with van der Waals surface area (Å²) in [6.07, 6.45) is 12.0. The lowest BCUT2D eigenvalue weighted by Crippen LogP contribution is -2.48. The molecule has 0 N–H and O–H groups in total. The van der Waals surface area contributed by atoms with Crippen LogP contribution in [0.3, 0.4) is 0 Å². The van der Waals surface area contributed by atoms with Gasteiger partial charge in [0, 0.05) is 11.8 Å². The van der Waals surface area contributed by atoms with Gasteiger partial charge in [0.05, 0.1) is 0 Å². The molecule has 7 atom stereocenters. The van der Waals surface area contributed by atoms with Crippen LogP contribution in [0, 0.1) is 40.9 Å². The van der Waals surface area contributed by atoms with Gasteiger partial charge in [-0.15, -0.1) is 0 Å². The first kappa shape index (κ1) is 23.7. The van der Waals surface area contributed by atoms with Crippen molar-refractivity contribution < 1.29 is 4.79 Å². The van der Waals surface area contributed by atoms with Crippen molar-refractivity contribution >= 4 is 5.78 Å². The van der Waals surface area contributed by atoms with Crippen LogP contribution in [0.15, 0.2) is 0 Å². The molecular weight excluding hydrogens is 316 g/mol. The van der Waals surface area contributed by atoms with Gasteiger partial charge in [0.15, 0.2) is 0 Å². The van der Waals surface area contributed by atoms with Gasteiger partial charge in [0.1, 0.15) is 5.78 Å². The summed E-state index contributed by atoms with van der Waals surface area (Å²) >= 11 is 0. The molecule has 4 saturated carbocycles. The van der Waals surface area contributed by atoms with Gasteiger partial charge in [-0.2, -0.15) is 0 Å². The summed E-state index contributed by atoms with van der Waals surface area (Å²) in [6.45, 7) is 16.8. The molecule has 4 aliphatic rings. The molecule has 154 valence electrons. The van der Waals surface area contributed by atoms with Crippen LogP contribution in [0.1, 0.15) is 113 Å². The van der Waals surface area contributed by atoms with Gasteiger partial charge >= 0.3 is 0 Å². The van der Waals surface area contributed by atoms with Crippen LogP contribution in [0.2, 0.25) is 0 Å². The third-order valence-corrected chi connectivity index (χ3v) is 7.93. The van der Waals surface area contributed by atoms with E-state index in [4.69, 9.17) is 0 Å². The standard InChI is InChI=1S/C19H30O.3C2H6/c1-12-3-5-14-13(11-12)4-6-16-15(14)9-10-19(2)17(16)7-8-18(19)20;3*1-2/h12-17H,3-11H2,1-2H3;3*1-2H3. The van der Waals surface area contributed by atoms with Gasteiger partial charge < -0.3 is 0 Å². The maximum atomic E-state index is 12.3. The van der Waals surface area contributed by atoms with E-state index in [1.165, 1.54) is 51.4 Å². The van der Waals surface area contributed by atoms with Gasteiger partial charge in [-0.25, -0.2) is 0 Å². The smallest absolute Gasteiger partial charge is 0.139 e. The van der Waals surface area contributed by atoms with E-state index in [2.05, 4.69) is 13.8 Å². The molecule has 7 unspecified atom stereocenters. The molecule has 1 nitrogen and oxygen atoms in total. The van der Waals surface area contributed by atoms with Crippen LogP contribution in [-0.2, 0) is 4.79 Å². The van der Waals surface area contributed by atoms with Crippen LogP contribution < -0.4 is 0 Å². The predicted octanol–water partition coefficient (Wildman–Crippen LogP) is 7.92. The summed E-state index contributed by atoms with van der Waals surface area (Å²) in [4.78, 5) is 12.3. The zero-order valence-electron chi connectivity index (χ0n) is 19.2. The number of ketones is 1. The number of fused-ring (bicyclic) bond motifs is 5. The number of rotatable bonds is 0. The van der Waals surface area contributed by atoms with Crippen LogP contribution >= 0.6 is 0 Å². The molecule has 4 fully saturated rings. The van der Waals surface area contributed by atoms with E-state index in [0.29, 0.717) is 5.78 Å². The summed E-state index contributed by atoms with van der Waals surface area (Å²) in [7, 11) is 0. The summed E-state index contributed by atoms with van der Waals surface area (Å²) in [5.41, 5.74) is 0.0793. The van der Waals surface area contributed by atoms with Crippen LogP contribution in [-0.4, -0.2) is 5.78 Å². The largest absolute Gasteiger partial charge is 0.299 e. The van der Waals surface area contributed by atoms with E-state index >= 15 is 0 Å². The molecule has 0 saturated heterocycles. The monoisotopic (exact) mass is 364 g/mol. The van der Waals surface area contributed by atoms with Crippen molar-refractivity contribution in [3.8, 4) is 0 Å². The summed E-state index contributed by atoms with van der Waals surface area (Å²) in [6, 6.07) is 0. The van der Waals surface area contributed by atoms with Gasteiger partial charge in [0.25, 0.3) is 0 Å². The van der Waals surface area contributed by atoms with E-state index in [9.17, 15) is 4.79 Å². The van der Waals surface area contributed by atoms with Gasteiger partial charge in [-0.3, -0.25) is 4.79 Å². The zero-order chi connectivity index (χ0) is 19.9. The van der Waals surface area contributed by atoms with Crippen molar-refractivity contribution in [1.82, 2.24) is 0 Å². The van der Waals surface area contributed by atoms with E-state index in [0.717, 1.165) is 41.9 Å². The number of Topliss-reactive ketones (excluding diaryl/α,β-unsaturated/α-hetero) is 1. The van der Waals surface area contributed by atoms with Crippen molar-refractivity contribution in [3.05, 3.63) is 0 Å². The predicted molar refractivity (Wildman–Crippen MR) is 115 cm³/mol. The highest BCUT2D eigenvalue weighted by Crippen LogP contribution is 2.61. The van der Waals surface area contributed by atoms with Crippen molar-refractivity contribution in [2.24, 2.45) is 40.9 Å². The molecular formula is C25H48O. The first-order valence-corrected chi connectivity index (χ1v) is 12.1. The van der Waals surface area contributed by atoms with E-state index < -0.39 is 0 Å². The minimum atomic E-state index is 0.0793. The second-order valence-electron chi connectivity index (χ2n) is 8.77. The lowest BCUT2D eigenvalue weighted by molar-refractivity contribution is -0.133. The van der Waals surface area contributed by atoms with Crippen molar-refractivity contribution in [3.63, 3.8) is 0 Å². The average Bonchev–Trinajstić information content (AvgIpc) is 3.01. The second-order valence-corrected chi connectivity index (χ2v) is 8.77. The molecule has 0 aromatic carbocycles. The Morgan fingerprint density at radius 2 is 1.38 bits per heavy atom. The molecule has 0 aromatic heterocycles. The van der Waals surface area contributed by atoms with Crippen molar-refractivity contribution in [1.29, 1.82) is 0 Å². The van der Waals surface area contributed by atoms with Crippen molar-refractivity contribution in [2.75, 3.05) is 0 Å². The molecule has 4 aliphatic carbocycles. The van der Waals surface area contributed by atoms with E-state index in [1.807, 2.05) is 41.5 Å². The fourth-order valence-electron chi connectivity index (χ4n) is 6.86. The normalized spacial score (nSPS) is 43.0. The highest BCUT2D eigenvalue weighted by Gasteiger charge is 2.56. The maximum Gasteiger partial charge on any atom is 0.139 e. The first-order valence-electron chi connectivity index (χ1n) is 12.1. The summed E-state index contributed by atoms with van der Waals surface area (Å²) in [5.74, 6) is 6.23. The Kier molecular flexibility index (Phi) is 9.91. The Morgan fingerprint density at radius 3 is 2.04 bits per heavy atom. The average molecular weight is 365 g/mol. The van der Waals surface area contributed by atoms with E-state index in [-0.39, 0.29) is 5.41 Å². The summed E-state index contributed by atoms with van der Waals surface area (Å²) < 4.78 is 0. The minimum absolute atomic E-state index is 0.0793.